The first-order valence-electron chi connectivity index (χ1n) is 9.48. The quantitative estimate of drug-likeness (QED) is 0.526. The fourth-order valence-corrected chi connectivity index (χ4v) is 3.21. The molecule has 0 aliphatic rings. The van der Waals surface area contributed by atoms with Crippen LogP contribution >= 0.6 is 0 Å². The highest BCUT2D eigenvalue weighted by molar-refractivity contribution is 5.95. The van der Waals surface area contributed by atoms with Crippen LogP contribution in [0.15, 0.2) is 57.8 Å². The van der Waals surface area contributed by atoms with Crippen LogP contribution < -0.4 is 15.6 Å². The molecule has 0 bridgehead atoms. The zero-order valence-corrected chi connectivity index (χ0v) is 17.0. The summed E-state index contributed by atoms with van der Waals surface area (Å²) in [5.74, 6) is 0.213. The van der Waals surface area contributed by atoms with E-state index < -0.39 is 23.3 Å². The molecule has 0 aliphatic heterocycles. The minimum absolute atomic E-state index is 0.0831. The highest BCUT2D eigenvalue weighted by Gasteiger charge is 2.24. The number of nitrogens with one attached hydrogen (secondary N) is 1. The van der Waals surface area contributed by atoms with Crippen LogP contribution in [0.25, 0.3) is 22.2 Å². The Morgan fingerprint density at radius 3 is 2.48 bits per heavy atom. The monoisotopic (exact) mass is 422 g/mol. The molecule has 1 atom stereocenters. The molecular weight excluding hydrogens is 403 g/mol. The number of fused-ring (bicyclic) bond motifs is 1. The molecule has 1 N–H and O–H groups in total. The van der Waals surface area contributed by atoms with Gasteiger partial charge in [0, 0.05) is 11.3 Å². The Labute approximate surface area is 176 Å². The van der Waals surface area contributed by atoms with E-state index in [0.29, 0.717) is 33.8 Å². The Morgan fingerprint density at radius 2 is 1.84 bits per heavy atom. The van der Waals surface area contributed by atoms with Gasteiger partial charge in [-0.1, -0.05) is 5.16 Å². The predicted molar refractivity (Wildman–Crippen MR) is 113 cm³/mol. The number of rotatable bonds is 5. The molecule has 1 amide bonds. The first-order chi connectivity index (χ1) is 14.9. The maximum Gasteiger partial charge on any atom is 0.297 e. The summed E-state index contributed by atoms with van der Waals surface area (Å²) in [5.41, 5.74) is 1.10. The number of anilines is 1. The van der Waals surface area contributed by atoms with Crippen molar-refractivity contribution in [3.8, 4) is 17.0 Å². The largest absolute Gasteiger partial charge is 0.497 e. The number of hydrogen-bond acceptors (Lipinski definition) is 6. The van der Waals surface area contributed by atoms with Gasteiger partial charge in [0.25, 0.3) is 5.56 Å². The Balaban J connectivity index is 1.78. The van der Waals surface area contributed by atoms with Crippen LogP contribution in [0.3, 0.4) is 0 Å². The Bertz CT molecular complexity index is 1310. The summed E-state index contributed by atoms with van der Waals surface area (Å²) in [6, 6.07) is 11.5. The summed E-state index contributed by atoms with van der Waals surface area (Å²) in [5, 5.41) is 11.5. The third kappa shape index (κ3) is 3.77. The van der Waals surface area contributed by atoms with Crippen molar-refractivity contribution in [3.05, 3.63) is 70.5 Å². The maximum atomic E-state index is 13.1. The van der Waals surface area contributed by atoms with E-state index in [1.165, 1.54) is 24.3 Å². The van der Waals surface area contributed by atoms with E-state index in [-0.39, 0.29) is 5.52 Å². The minimum Gasteiger partial charge on any atom is -0.497 e. The van der Waals surface area contributed by atoms with Crippen molar-refractivity contribution >= 4 is 22.5 Å². The second kappa shape index (κ2) is 8.02. The zero-order chi connectivity index (χ0) is 22.1. The van der Waals surface area contributed by atoms with Crippen LogP contribution in [0.2, 0.25) is 0 Å². The maximum absolute atomic E-state index is 13.1. The lowest BCUT2D eigenvalue weighted by molar-refractivity contribution is -0.119. The Kier molecular flexibility index (Phi) is 5.24. The average Bonchev–Trinajstić information content (AvgIpc) is 3.17. The number of aromatic nitrogens is 3. The molecule has 2 aromatic carbocycles. The van der Waals surface area contributed by atoms with Gasteiger partial charge in [0.15, 0.2) is 5.52 Å². The predicted octanol–water partition coefficient (Wildman–Crippen LogP) is 3.71. The van der Waals surface area contributed by atoms with Crippen molar-refractivity contribution in [2.45, 2.75) is 19.9 Å². The summed E-state index contributed by atoms with van der Waals surface area (Å²) in [6.07, 6.45) is 0. The molecule has 2 heterocycles. The van der Waals surface area contributed by atoms with Crippen LogP contribution in [-0.2, 0) is 4.79 Å². The van der Waals surface area contributed by atoms with Crippen LogP contribution in [0, 0.1) is 12.7 Å². The molecule has 4 rings (SSSR count). The summed E-state index contributed by atoms with van der Waals surface area (Å²) in [6.45, 7) is 3.24. The number of ether oxygens (including phenoxy) is 1. The third-order valence-corrected chi connectivity index (χ3v) is 4.94. The highest BCUT2D eigenvalue weighted by Crippen LogP contribution is 2.29. The van der Waals surface area contributed by atoms with Crippen molar-refractivity contribution in [2.75, 3.05) is 12.4 Å². The molecule has 4 aromatic rings. The molecular formula is C22H19FN4O4. The number of carbonyl (C=O) groups is 1. The van der Waals surface area contributed by atoms with Gasteiger partial charge in [-0.2, -0.15) is 5.10 Å². The van der Waals surface area contributed by atoms with Crippen LogP contribution in [0.1, 0.15) is 18.7 Å². The van der Waals surface area contributed by atoms with E-state index >= 15 is 0 Å². The number of benzene rings is 2. The van der Waals surface area contributed by atoms with E-state index in [2.05, 4.69) is 15.6 Å². The van der Waals surface area contributed by atoms with Gasteiger partial charge >= 0.3 is 0 Å². The summed E-state index contributed by atoms with van der Waals surface area (Å²) >= 11 is 0. The smallest absolute Gasteiger partial charge is 0.297 e. The molecule has 8 nitrogen and oxygen atoms in total. The highest BCUT2D eigenvalue weighted by atomic mass is 19.1. The molecule has 0 spiro atoms. The van der Waals surface area contributed by atoms with Gasteiger partial charge in [0.2, 0.25) is 5.91 Å². The number of amides is 1. The second-order valence-electron chi connectivity index (χ2n) is 6.96. The molecule has 31 heavy (non-hydrogen) atoms. The molecule has 0 fully saturated rings. The van der Waals surface area contributed by atoms with Gasteiger partial charge in [-0.3, -0.25) is 9.59 Å². The van der Waals surface area contributed by atoms with E-state index in [1.807, 2.05) is 0 Å². The molecule has 9 heteroatoms. The fraction of sp³-hybridized carbons (Fsp3) is 0.182. The molecule has 0 saturated carbocycles. The van der Waals surface area contributed by atoms with E-state index in [0.717, 1.165) is 4.68 Å². The van der Waals surface area contributed by atoms with Crippen molar-refractivity contribution in [1.82, 2.24) is 14.9 Å². The van der Waals surface area contributed by atoms with Gasteiger partial charge in [-0.25, -0.2) is 9.07 Å². The first kappa shape index (κ1) is 20.3. The molecule has 0 saturated heterocycles. The van der Waals surface area contributed by atoms with E-state index in [1.54, 1.807) is 45.2 Å². The van der Waals surface area contributed by atoms with E-state index in [4.69, 9.17) is 9.26 Å². The number of methoxy groups -OCH3 is 1. The second-order valence-corrected chi connectivity index (χ2v) is 6.96. The first-order valence-corrected chi connectivity index (χ1v) is 9.48. The molecule has 0 radical (unpaired) electrons. The van der Waals surface area contributed by atoms with Crippen LogP contribution in [0.5, 0.6) is 5.75 Å². The van der Waals surface area contributed by atoms with Gasteiger partial charge in [-0.05, 0) is 62.4 Å². The third-order valence-electron chi connectivity index (χ3n) is 4.94. The molecule has 0 aliphatic carbocycles. The Hall–Kier alpha value is -4.01. The number of halogens is 1. The minimum atomic E-state index is -0.962. The average molecular weight is 422 g/mol. The summed E-state index contributed by atoms with van der Waals surface area (Å²) in [4.78, 5) is 25.8. The topological polar surface area (TPSA) is 99.2 Å². The van der Waals surface area contributed by atoms with Gasteiger partial charge in [-0.15, -0.1) is 0 Å². The number of hydrogen-bond donors (Lipinski definition) is 1. The molecule has 158 valence electrons. The van der Waals surface area contributed by atoms with Crippen molar-refractivity contribution < 1.29 is 18.4 Å². The Morgan fingerprint density at radius 1 is 1.16 bits per heavy atom. The van der Waals surface area contributed by atoms with Crippen molar-refractivity contribution in [2.24, 2.45) is 0 Å². The van der Waals surface area contributed by atoms with Crippen molar-refractivity contribution in [1.29, 1.82) is 0 Å². The van der Waals surface area contributed by atoms with Crippen LogP contribution in [-0.4, -0.2) is 28.0 Å². The fourth-order valence-electron chi connectivity index (χ4n) is 3.21. The number of nitrogens with zero attached hydrogens (tertiary/aromatic N) is 3. The lowest BCUT2D eigenvalue weighted by atomic mass is 10.1. The summed E-state index contributed by atoms with van der Waals surface area (Å²) in [7, 11) is 1.57. The lowest BCUT2D eigenvalue weighted by Gasteiger charge is -2.16. The normalized spacial score (nSPS) is 12.0. The SMILES string of the molecule is COc1ccc(-c2nn([C@H](C)C(=O)Nc3ccc(F)cc3)c(=O)c3noc(C)c23)cc1. The lowest BCUT2D eigenvalue weighted by Crippen LogP contribution is -2.34. The number of carbonyl (C=O) groups excluding carboxylic acids is 1. The van der Waals surface area contributed by atoms with Crippen molar-refractivity contribution in [3.63, 3.8) is 0 Å². The van der Waals surface area contributed by atoms with Crippen LogP contribution in [0.4, 0.5) is 10.1 Å². The van der Waals surface area contributed by atoms with Gasteiger partial charge in [0.1, 0.15) is 29.1 Å². The van der Waals surface area contributed by atoms with Gasteiger partial charge < -0.3 is 14.6 Å². The molecule has 2 aromatic heterocycles. The summed E-state index contributed by atoms with van der Waals surface area (Å²) < 4.78 is 24.6. The number of aryl methyl sites for hydroxylation is 1. The van der Waals surface area contributed by atoms with Gasteiger partial charge in [0.05, 0.1) is 12.5 Å². The standard InChI is InChI=1S/C22H19FN4O4/c1-12(21(28)24-16-8-6-15(23)7-9-16)27-22(29)20-18(13(2)31-26-20)19(25-27)14-4-10-17(30-3)11-5-14/h4-12H,1-3H3,(H,24,28)/t12-/m1/s1. The molecule has 0 unspecified atom stereocenters. The van der Waals surface area contributed by atoms with E-state index in [9.17, 15) is 14.0 Å². The zero-order valence-electron chi connectivity index (χ0n) is 17.0.